The molecule has 1 heterocycles. The van der Waals surface area contributed by atoms with Crippen LogP contribution in [-0.4, -0.2) is 18.2 Å². The van der Waals surface area contributed by atoms with Gasteiger partial charge < -0.3 is 19.7 Å². The summed E-state index contributed by atoms with van der Waals surface area (Å²) < 4.78 is 10.6. The molecule has 0 spiro atoms. The molecule has 122 valence electrons. The molecule has 0 unspecified atom stereocenters. The number of hydrogen-bond donors (Lipinski definition) is 2. The highest BCUT2D eigenvalue weighted by Crippen LogP contribution is 2.23. The standard InChI is InChI=1S/C17H13ClN2O4/c1-23-11-6-7-15-10(8-11)9-12(17(20-22)24-15)16(21)19-14-5-3-2-4-13(14)18/h2-9,22H,1H3,(H,19,21)/b20-17+. The molecule has 0 atom stereocenters. The van der Waals surface area contributed by atoms with E-state index in [0.29, 0.717) is 27.4 Å². The number of anilines is 1. The summed E-state index contributed by atoms with van der Waals surface area (Å²) >= 11 is 6.04. The number of amides is 1. The number of rotatable bonds is 3. The lowest BCUT2D eigenvalue weighted by molar-refractivity contribution is 0.102. The van der Waals surface area contributed by atoms with Gasteiger partial charge in [0.2, 0.25) is 0 Å². The Bertz CT molecular complexity index is 982. The fourth-order valence-corrected chi connectivity index (χ4v) is 2.41. The van der Waals surface area contributed by atoms with Gasteiger partial charge in [-0.2, -0.15) is 0 Å². The minimum absolute atomic E-state index is 0.0678. The monoisotopic (exact) mass is 344 g/mol. The number of halogens is 1. The Labute approximate surface area is 141 Å². The van der Waals surface area contributed by atoms with E-state index in [-0.39, 0.29) is 11.1 Å². The van der Waals surface area contributed by atoms with Gasteiger partial charge in [0.05, 0.1) is 17.8 Å². The third-order valence-corrected chi connectivity index (χ3v) is 3.74. The molecule has 0 saturated heterocycles. The highest BCUT2D eigenvalue weighted by Gasteiger charge is 2.14. The molecule has 0 aliphatic heterocycles. The zero-order chi connectivity index (χ0) is 17.1. The van der Waals surface area contributed by atoms with Crippen LogP contribution in [0.5, 0.6) is 5.75 Å². The molecule has 24 heavy (non-hydrogen) atoms. The molecular formula is C17H13ClN2O4. The molecule has 2 N–H and O–H groups in total. The Morgan fingerprint density at radius 2 is 2.04 bits per heavy atom. The topological polar surface area (TPSA) is 84.1 Å². The Balaban J connectivity index is 2.07. The van der Waals surface area contributed by atoms with Gasteiger partial charge in [0.15, 0.2) is 0 Å². The quantitative estimate of drug-likeness (QED) is 0.561. The first kappa shape index (κ1) is 15.9. The molecule has 1 aromatic heterocycles. The molecule has 0 aliphatic carbocycles. The molecule has 7 heteroatoms. The Hall–Kier alpha value is -2.99. The number of methoxy groups -OCH3 is 1. The number of benzene rings is 2. The Kier molecular flexibility index (Phi) is 4.39. The minimum atomic E-state index is -0.510. The van der Waals surface area contributed by atoms with E-state index in [1.54, 1.807) is 55.6 Å². The number of para-hydroxylation sites is 1. The van der Waals surface area contributed by atoms with Gasteiger partial charge in [0.1, 0.15) is 16.9 Å². The van der Waals surface area contributed by atoms with E-state index in [1.807, 2.05) is 0 Å². The van der Waals surface area contributed by atoms with Crippen molar-refractivity contribution >= 4 is 34.2 Å². The lowest BCUT2D eigenvalue weighted by Gasteiger charge is -2.08. The molecule has 0 fully saturated rings. The second-order valence-corrected chi connectivity index (χ2v) is 5.31. The smallest absolute Gasteiger partial charge is 0.268 e. The predicted molar refractivity (Wildman–Crippen MR) is 89.5 cm³/mol. The zero-order valence-electron chi connectivity index (χ0n) is 12.6. The van der Waals surface area contributed by atoms with Crippen molar-refractivity contribution in [2.75, 3.05) is 12.4 Å². The first-order valence-corrected chi connectivity index (χ1v) is 7.36. The number of carbonyl (C=O) groups excluding carboxylic acids is 1. The van der Waals surface area contributed by atoms with E-state index in [4.69, 9.17) is 26.0 Å². The first-order valence-electron chi connectivity index (χ1n) is 6.98. The van der Waals surface area contributed by atoms with Gasteiger partial charge in [-0.3, -0.25) is 4.79 Å². The molecule has 3 rings (SSSR count). The van der Waals surface area contributed by atoms with Gasteiger partial charge >= 0.3 is 0 Å². The number of hydrogen-bond acceptors (Lipinski definition) is 5. The second kappa shape index (κ2) is 6.64. The van der Waals surface area contributed by atoms with E-state index in [0.717, 1.165) is 0 Å². The van der Waals surface area contributed by atoms with Crippen LogP contribution in [0.2, 0.25) is 5.02 Å². The van der Waals surface area contributed by atoms with Crippen molar-refractivity contribution in [2.45, 2.75) is 0 Å². The fraction of sp³-hybridized carbons (Fsp3) is 0.0588. The number of nitrogens with one attached hydrogen (secondary N) is 1. The highest BCUT2D eigenvalue weighted by atomic mass is 35.5. The maximum Gasteiger partial charge on any atom is 0.268 e. The lowest BCUT2D eigenvalue weighted by atomic mass is 10.1. The van der Waals surface area contributed by atoms with Gasteiger partial charge in [0, 0.05) is 5.39 Å². The van der Waals surface area contributed by atoms with Crippen LogP contribution >= 0.6 is 11.6 Å². The van der Waals surface area contributed by atoms with E-state index in [2.05, 4.69) is 10.5 Å². The fourth-order valence-electron chi connectivity index (χ4n) is 2.22. The van der Waals surface area contributed by atoms with Crippen LogP contribution in [0.4, 0.5) is 5.69 Å². The summed E-state index contributed by atoms with van der Waals surface area (Å²) in [5.41, 5.74) is 0.770. The number of nitrogens with zero attached hydrogens (tertiary/aromatic N) is 1. The average molecular weight is 345 g/mol. The Morgan fingerprint density at radius 1 is 1.25 bits per heavy atom. The third kappa shape index (κ3) is 3.04. The van der Waals surface area contributed by atoms with Crippen LogP contribution in [-0.2, 0) is 0 Å². The lowest BCUT2D eigenvalue weighted by Crippen LogP contribution is -2.21. The van der Waals surface area contributed by atoms with E-state index < -0.39 is 5.91 Å². The maximum absolute atomic E-state index is 12.5. The first-order chi connectivity index (χ1) is 11.6. The molecular weight excluding hydrogens is 332 g/mol. The van der Waals surface area contributed by atoms with Crippen molar-refractivity contribution in [3.05, 3.63) is 64.7 Å². The zero-order valence-corrected chi connectivity index (χ0v) is 13.4. The maximum atomic E-state index is 12.5. The van der Waals surface area contributed by atoms with Gasteiger partial charge in [-0.1, -0.05) is 23.7 Å². The van der Waals surface area contributed by atoms with E-state index in [9.17, 15) is 4.79 Å². The molecule has 0 bridgehead atoms. The van der Waals surface area contributed by atoms with Gasteiger partial charge in [-0.05, 0) is 41.6 Å². The van der Waals surface area contributed by atoms with Crippen molar-refractivity contribution in [3.63, 3.8) is 0 Å². The average Bonchev–Trinajstić information content (AvgIpc) is 2.61. The van der Waals surface area contributed by atoms with Crippen molar-refractivity contribution < 1.29 is 19.2 Å². The van der Waals surface area contributed by atoms with Crippen LogP contribution < -0.4 is 15.6 Å². The molecule has 3 aromatic rings. The van der Waals surface area contributed by atoms with Crippen LogP contribution in [0, 0.1) is 0 Å². The molecule has 2 aromatic carbocycles. The summed E-state index contributed by atoms with van der Waals surface area (Å²) in [5.74, 6) is 0.105. The number of ether oxygens (including phenoxy) is 1. The largest absolute Gasteiger partial charge is 0.497 e. The van der Waals surface area contributed by atoms with Crippen molar-refractivity contribution in [3.8, 4) is 5.75 Å². The summed E-state index contributed by atoms with van der Waals surface area (Å²) in [6, 6.07) is 13.5. The highest BCUT2D eigenvalue weighted by molar-refractivity contribution is 6.33. The van der Waals surface area contributed by atoms with Crippen LogP contribution in [0.15, 0.2) is 58.1 Å². The van der Waals surface area contributed by atoms with Crippen molar-refractivity contribution in [1.29, 1.82) is 0 Å². The van der Waals surface area contributed by atoms with Crippen LogP contribution in [0.3, 0.4) is 0 Å². The molecule has 0 aliphatic rings. The minimum Gasteiger partial charge on any atom is -0.497 e. The van der Waals surface area contributed by atoms with Crippen molar-refractivity contribution in [1.82, 2.24) is 0 Å². The van der Waals surface area contributed by atoms with Gasteiger partial charge in [0.25, 0.3) is 11.5 Å². The summed E-state index contributed by atoms with van der Waals surface area (Å²) in [4.78, 5) is 12.5. The third-order valence-electron chi connectivity index (χ3n) is 3.41. The van der Waals surface area contributed by atoms with E-state index >= 15 is 0 Å². The molecule has 0 saturated carbocycles. The van der Waals surface area contributed by atoms with Crippen LogP contribution in [0.1, 0.15) is 10.4 Å². The van der Waals surface area contributed by atoms with Gasteiger partial charge in [-0.15, -0.1) is 0 Å². The predicted octanol–water partition coefficient (Wildman–Crippen LogP) is 3.64. The second-order valence-electron chi connectivity index (χ2n) is 4.90. The summed E-state index contributed by atoms with van der Waals surface area (Å²) in [6.45, 7) is 0. The normalized spacial score (nSPS) is 11.5. The molecule has 0 radical (unpaired) electrons. The van der Waals surface area contributed by atoms with E-state index in [1.165, 1.54) is 0 Å². The van der Waals surface area contributed by atoms with Gasteiger partial charge in [-0.25, -0.2) is 0 Å². The molecule has 6 nitrogen and oxygen atoms in total. The Morgan fingerprint density at radius 3 is 2.75 bits per heavy atom. The SMILES string of the molecule is COc1ccc2o/c(=N/O)c(C(=O)Nc3ccccc3Cl)cc2c1. The summed E-state index contributed by atoms with van der Waals surface area (Å²) in [7, 11) is 1.54. The summed E-state index contributed by atoms with van der Waals surface area (Å²) in [5, 5.41) is 15.9. The summed E-state index contributed by atoms with van der Waals surface area (Å²) in [6.07, 6.45) is 0. The van der Waals surface area contributed by atoms with Crippen LogP contribution in [0.25, 0.3) is 11.0 Å². The number of carbonyl (C=O) groups is 1. The molecule has 1 amide bonds. The van der Waals surface area contributed by atoms with Crippen molar-refractivity contribution in [2.24, 2.45) is 5.16 Å². The number of fused-ring (bicyclic) bond motifs is 1.